The van der Waals surface area contributed by atoms with Crippen molar-refractivity contribution in [2.75, 3.05) is 13.2 Å². The highest BCUT2D eigenvalue weighted by molar-refractivity contribution is 6.01. The van der Waals surface area contributed by atoms with Gasteiger partial charge in [0.05, 0.1) is 5.56 Å². The topological polar surface area (TPSA) is 67.8 Å². The van der Waals surface area contributed by atoms with Crippen molar-refractivity contribution in [3.8, 4) is 11.5 Å². The zero-order chi connectivity index (χ0) is 14.4. The summed E-state index contributed by atoms with van der Waals surface area (Å²) in [7, 11) is 0. The van der Waals surface area contributed by atoms with Crippen molar-refractivity contribution in [2.24, 2.45) is 0 Å². The first kappa shape index (κ1) is 12.2. The van der Waals surface area contributed by atoms with E-state index in [1.54, 1.807) is 24.3 Å². The molecule has 1 atom stereocenters. The molecule has 1 amide bonds. The molecule has 2 N–H and O–H groups in total. The lowest BCUT2D eigenvalue weighted by Crippen LogP contribution is -2.40. The predicted molar refractivity (Wildman–Crippen MR) is 74.3 cm³/mol. The third-order valence-corrected chi connectivity index (χ3v) is 3.80. The molecule has 106 valence electrons. The number of hydrogen-bond donors (Lipinski definition) is 2. The van der Waals surface area contributed by atoms with Crippen molar-refractivity contribution >= 4 is 5.91 Å². The molecule has 2 heterocycles. The quantitative estimate of drug-likeness (QED) is 0.830. The molecule has 2 aliphatic heterocycles. The molecular formula is C16H13NO4. The van der Waals surface area contributed by atoms with Gasteiger partial charge in [-0.1, -0.05) is 30.3 Å². The molecule has 0 saturated heterocycles. The number of rotatable bonds is 1. The van der Waals surface area contributed by atoms with E-state index in [1.807, 2.05) is 18.2 Å². The van der Waals surface area contributed by atoms with Gasteiger partial charge < -0.3 is 19.9 Å². The Bertz CT molecular complexity index is 729. The molecule has 0 bridgehead atoms. The monoisotopic (exact) mass is 283 g/mol. The van der Waals surface area contributed by atoms with Crippen molar-refractivity contribution in [3.63, 3.8) is 0 Å². The molecule has 5 heteroatoms. The summed E-state index contributed by atoms with van der Waals surface area (Å²) in [6.07, 6.45) is 0. The van der Waals surface area contributed by atoms with E-state index in [9.17, 15) is 9.90 Å². The lowest BCUT2D eigenvalue weighted by atomic mass is 9.94. The molecule has 2 aromatic rings. The molecule has 2 aromatic carbocycles. The number of carbonyl (C=O) groups is 1. The molecule has 0 radical (unpaired) electrons. The van der Waals surface area contributed by atoms with Gasteiger partial charge in [0.2, 0.25) is 0 Å². The maximum Gasteiger partial charge on any atom is 0.254 e. The first-order valence-electron chi connectivity index (χ1n) is 6.73. The average Bonchev–Trinajstić information content (AvgIpc) is 2.78. The molecule has 0 spiro atoms. The number of benzene rings is 2. The summed E-state index contributed by atoms with van der Waals surface area (Å²) < 4.78 is 11.0. The fourth-order valence-corrected chi connectivity index (χ4v) is 2.78. The lowest BCUT2D eigenvalue weighted by Gasteiger charge is -2.26. The second-order valence-corrected chi connectivity index (χ2v) is 5.07. The van der Waals surface area contributed by atoms with E-state index in [1.165, 1.54) is 0 Å². The highest BCUT2D eigenvalue weighted by Crippen LogP contribution is 2.41. The van der Waals surface area contributed by atoms with E-state index in [0.717, 1.165) is 0 Å². The number of fused-ring (bicyclic) bond motifs is 2. The number of aliphatic hydroxyl groups is 1. The fourth-order valence-electron chi connectivity index (χ4n) is 2.78. The van der Waals surface area contributed by atoms with Gasteiger partial charge in [-0.3, -0.25) is 4.79 Å². The minimum absolute atomic E-state index is 0.326. The van der Waals surface area contributed by atoms with Crippen molar-refractivity contribution in [1.29, 1.82) is 0 Å². The van der Waals surface area contributed by atoms with Crippen LogP contribution in [0.4, 0.5) is 0 Å². The Hall–Kier alpha value is -2.53. The Kier molecular flexibility index (Phi) is 2.46. The van der Waals surface area contributed by atoms with Crippen LogP contribution in [-0.2, 0) is 5.72 Å². The second kappa shape index (κ2) is 4.23. The van der Waals surface area contributed by atoms with Gasteiger partial charge in [0, 0.05) is 11.1 Å². The van der Waals surface area contributed by atoms with Crippen LogP contribution in [0, 0.1) is 0 Å². The Balaban J connectivity index is 1.91. The lowest BCUT2D eigenvalue weighted by molar-refractivity contribution is 0.0473. The third kappa shape index (κ3) is 1.71. The van der Waals surface area contributed by atoms with Crippen molar-refractivity contribution in [3.05, 3.63) is 59.2 Å². The number of carbonyl (C=O) groups excluding carboxylic acids is 1. The van der Waals surface area contributed by atoms with Gasteiger partial charge >= 0.3 is 0 Å². The van der Waals surface area contributed by atoms with E-state index >= 15 is 0 Å². The molecule has 0 fully saturated rings. The van der Waals surface area contributed by atoms with Gasteiger partial charge in [-0.05, 0) is 12.1 Å². The van der Waals surface area contributed by atoms with Crippen molar-refractivity contribution in [1.82, 2.24) is 5.32 Å². The highest BCUT2D eigenvalue weighted by atomic mass is 16.6. The Morgan fingerprint density at radius 3 is 2.43 bits per heavy atom. The van der Waals surface area contributed by atoms with Gasteiger partial charge in [0.1, 0.15) is 13.2 Å². The van der Waals surface area contributed by atoms with Crippen LogP contribution in [0.2, 0.25) is 0 Å². The first-order valence-corrected chi connectivity index (χ1v) is 6.73. The second-order valence-electron chi connectivity index (χ2n) is 5.07. The van der Waals surface area contributed by atoms with Crippen LogP contribution in [0.3, 0.4) is 0 Å². The minimum atomic E-state index is -1.54. The standard InChI is InChI=1S/C16H13NO4/c18-15-11-8-13-14(21-7-6-20-13)9-12(11)16(19,17-15)10-4-2-1-3-5-10/h1-5,8-9,19H,6-7H2,(H,17,18). The van der Waals surface area contributed by atoms with Crippen LogP contribution in [0.1, 0.15) is 21.5 Å². The maximum absolute atomic E-state index is 12.2. The number of nitrogens with one attached hydrogen (secondary N) is 1. The zero-order valence-electron chi connectivity index (χ0n) is 11.1. The highest BCUT2D eigenvalue weighted by Gasteiger charge is 2.44. The van der Waals surface area contributed by atoms with Crippen LogP contribution < -0.4 is 14.8 Å². The predicted octanol–water partition coefficient (Wildman–Crippen LogP) is 1.39. The van der Waals surface area contributed by atoms with Gasteiger partial charge in [0.15, 0.2) is 17.2 Å². The number of ether oxygens (including phenoxy) is 2. The van der Waals surface area contributed by atoms with Crippen LogP contribution in [0.15, 0.2) is 42.5 Å². The van der Waals surface area contributed by atoms with E-state index in [0.29, 0.717) is 41.4 Å². The summed E-state index contributed by atoms with van der Waals surface area (Å²) in [6.45, 7) is 0.910. The Labute approximate surface area is 121 Å². The molecule has 0 aromatic heterocycles. The van der Waals surface area contributed by atoms with Crippen LogP contribution in [0.5, 0.6) is 11.5 Å². The normalized spacial score (nSPS) is 22.6. The summed E-state index contributed by atoms with van der Waals surface area (Å²) in [4.78, 5) is 12.2. The van der Waals surface area contributed by atoms with Gasteiger partial charge in [-0.15, -0.1) is 0 Å². The minimum Gasteiger partial charge on any atom is -0.486 e. The Morgan fingerprint density at radius 2 is 1.71 bits per heavy atom. The third-order valence-electron chi connectivity index (χ3n) is 3.80. The molecule has 5 nitrogen and oxygen atoms in total. The summed E-state index contributed by atoms with van der Waals surface area (Å²) in [5.74, 6) is 0.756. The average molecular weight is 283 g/mol. The van der Waals surface area contributed by atoms with Gasteiger partial charge in [0.25, 0.3) is 5.91 Å². The number of amides is 1. The van der Waals surface area contributed by atoms with Crippen LogP contribution in [0.25, 0.3) is 0 Å². The van der Waals surface area contributed by atoms with Crippen LogP contribution in [-0.4, -0.2) is 24.2 Å². The SMILES string of the molecule is O=C1NC(O)(c2ccccc2)c2cc3c(cc21)OCCO3. The van der Waals surface area contributed by atoms with E-state index in [-0.39, 0.29) is 5.91 Å². The number of hydrogen-bond acceptors (Lipinski definition) is 4. The van der Waals surface area contributed by atoms with Gasteiger partial charge in [-0.2, -0.15) is 0 Å². The molecule has 0 saturated carbocycles. The molecular weight excluding hydrogens is 270 g/mol. The van der Waals surface area contributed by atoms with E-state index < -0.39 is 5.72 Å². The fraction of sp³-hybridized carbons (Fsp3) is 0.188. The Morgan fingerprint density at radius 1 is 1.05 bits per heavy atom. The summed E-state index contributed by atoms with van der Waals surface area (Å²) in [5.41, 5.74) is -0.0360. The molecule has 0 aliphatic carbocycles. The van der Waals surface area contributed by atoms with E-state index in [2.05, 4.69) is 5.32 Å². The van der Waals surface area contributed by atoms with Crippen molar-refractivity contribution in [2.45, 2.75) is 5.72 Å². The van der Waals surface area contributed by atoms with E-state index in [4.69, 9.17) is 9.47 Å². The van der Waals surface area contributed by atoms with Gasteiger partial charge in [-0.25, -0.2) is 0 Å². The molecule has 21 heavy (non-hydrogen) atoms. The smallest absolute Gasteiger partial charge is 0.254 e. The summed E-state index contributed by atoms with van der Waals surface area (Å²) in [6, 6.07) is 12.3. The largest absolute Gasteiger partial charge is 0.486 e. The van der Waals surface area contributed by atoms with Crippen molar-refractivity contribution < 1.29 is 19.4 Å². The van der Waals surface area contributed by atoms with Crippen LogP contribution >= 0.6 is 0 Å². The first-order chi connectivity index (χ1) is 10.2. The maximum atomic E-state index is 12.2. The molecule has 1 unspecified atom stereocenters. The summed E-state index contributed by atoms with van der Waals surface area (Å²) >= 11 is 0. The zero-order valence-corrected chi connectivity index (χ0v) is 11.1. The molecule has 4 rings (SSSR count). The summed E-state index contributed by atoms with van der Waals surface area (Å²) in [5, 5.41) is 13.6. The molecule has 2 aliphatic rings.